The lowest BCUT2D eigenvalue weighted by atomic mass is 9.93. The first-order valence-electron chi connectivity index (χ1n) is 5.86. The number of carboxylic acids is 1. The molecule has 4 heteroatoms. The fraction of sp³-hybridized carbons (Fsp3) is 0.500. The molecule has 1 atom stereocenters. The van der Waals surface area contributed by atoms with Crippen LogP contribution in [0, 0.1) is 19.8 Å². The van der Waals surface area contributed by atoms with Crippen molar-refractivity contribution in [2.24, 2.45) is 5.92 Å². The van der Waals surface area contributed by atoms with E-state index in [-0.39, 0.29) is 0 Å². The first kappa shape index (κ1) is 14.4. The molecule has 0 aliphatic carbocycles. The van der Waals surface area contributed by atoms with Crippen molar-refractivity contribution < 1.29 is 19.4 Å². The summed E-state index contributed by atoms with van der Waals surface area (Å²) in [7, 11) is 3.15. The number of rotatable bonds is 5. The fourth-order valence-corrected chi connectivity index (χ4v) is 1.94. The van der Waals surface area contributed by atoms with Crippen LogP contribution in [0.25, 0.3) is 0 Å². The summed E-state index contributed by atoms with van der Waals surface area (Å²) in [5.74, 6) is 0.0166. The van der Waals surface area contributed by atoms with Crippen molar-refractivity contribution in [3.05, 3.63) is 22.8 Å². The lowest BCUT2D eigenvalue weighted by molar-refractivity contribution is -0.141. The van der Waals surface area contributed by atoms with Gasteiger partial charge in [-0.2, -0.15) is 0 Å². The number of hydrogen-bond acceptors (Lipinski definition) is 3. The van der Waals surface area contributed by atoms with Crippen molar-refractivity contribution in [3.8, 4) is 11.5 Å². The SMILES string of the molecule is COc1cc(C)c(C)c(CC(C)C(=O)O)c1OC. The van der Waals surface area contributed by atoms with E-state index in [1.54, 1.807) is 21.1 Å². The molecule has 4 nitrogen and oxygen atoms in total. The topological polar surface area (TPSA) is 55.8 Å². The Morgan fingerprint density at radius 3 is 2.39 bits per heavy atom. The van der Waals surface area contributed by atoms with Gasteiger partial charge >= 0.3 is 5.97 Å². The molecule has 1 aromatic carbocycles. The second-order valence-corrected chi connectivity index (χ2v) is 4.48. The zero-order valence-corrected chi connectivity index (χ0v) is 11.5. The molecule has 0 amide bonds. The van der Waals surface area contributed by atoms with Crippen LogP contribution in [0.15, 0.2) is 6.07 Å². The Labute approximate surface area is 108 Å². The predicted molar refractivity (Wildman–Crippen MR) is 69.5 cm³/mol. The average Bonchev–Trinajstić information content (AvgIpc) is 2.34. The Hall–Kier alpha value is -1.71. The molecule has 0 aromatic heterocycles. The number of carboxylic acid groups (broad SMARTS) is 1. The molecule has 0 heterocycles. The summed E-state index contributed by atoms with van der Waals surface area (Å²) in [6, 6.07) is 1.91. The second kappa shape index (κ2) is 5.76. The summed E-state index contributed by atoms with van der Waals surface area (Å²) >= 11 is 0. The Morgan fingerprint density at radius 2 is 1.94 bits per heavy atom. The summed E-state index contributed by atoms with van der Waals surface area (Å²) in [6.07, 6.45) is 0.433. The van der Waals surface area contributed by atoms with Crippen LogP contribution in [0.2, 0.25) is 0 Å². The van der Waals surface area contributed by atoms with Gasteiger partial charge in [0.15, 0.2) is 11.5 Å². The van der Waals surface area contributed by atoms with Crippen LogP contribution in [0.5, 0.6) is 11.5 Å². The molecule has 0 fully saturated rings. The van der Waals surface area contributed by atoms with E-state index >= 15 is 0 Å². The summed E-state index contributed by atoms with van der Waals surface area (Å²) in [4.78, 5) is 11.0. The van der Waals surface area contributed by atoms with Gasteiger partial charge < -0.3 is 14.6 Å². The fourth-order valence-electron chi connectivity index (χ4n) is 1.94. The summed E-state index contributed by atoms with van der Waals surface area (Å²) in [5.41, 5.74) is 3.03. The lowest BCUT2D eigenvalue weighted by Crippen LogP contribution is -2.14. The van der Waals surface area contributed by atoms with Gasteiger partial charge in [0, 0.05) is 5.56 Å². The first-order chi connectivity index (χ1) is 8.42. The Kier molecular flexibility index (Phi) is 4.59. The molecule has 1 aromatic rings. The van der Waals surface area contributed by atoms with E-state index in [0.717, 1.165) is 16.7 Å². The molecular weight excluding hydrogens is 232 g/mol. The molecule has 0 spiro atoms. The van der Waals surface area contributed by atoms with Crippen LogP contribution in [0.4, 0.5) is 0 Å². The smallest absolute Gasteiger partial charge is 0.306 e. The summed E-state index contributed by atoms with van der Waals surface area (Å²) in [5, 5.41) is 9.02. The van der Waals surface area contributed by atoms with Crippen LogP contribution in [0.3, 0.4) is 0 Å². The first-order valence-corrected chi connectivity index (χ1v) is 5.86. The highest BCUT2D eigenvalue weighted by molar-refractivity contribution is 5.70. The van der Waals surface area contributed by atoms with Crippen molar-refractivity contribution in [1.82, 2.24) is 0 Å². The van der Waals surface area contributed by atoms with Crippen LogP contribution in [0.1, 0.15) is 23.6 Å². The molecule has 100 valence electrons. The molecule has 1 rings (SSSR count). The predicted octanol–water partition coefficient (Wildman–Crippen LogP) is 2.58. The van der Waals surface area contributed by atoms with Crippen molar-refractivity contribution in [1.29, 1.82) is 0 Å². The number of aliphatic carboxylic acids is 1. The van der Waals surface area contributed by atoms with Crippen molar-refractivity contribution in [3.63, 3.8) is 0 Å². The van der Waals surface area contributed by atoms with Gasteiger partial charge in [0.25, 0.3) is 0 Å². The molecule has 0 saturated heterocycles. The molecular formula is C14H20O4. The Bertz CT molecular complexity index is 452. The molecule has 1 unspecified atom stereocenters. The molecule has 0 saturated carbocycles. The van der Waals surface area contributed by atoms with Gasteiger partial charge in [-0.05, 0) is 37.5 Å². The third-order valence-corrected chi connectivity index (χ3v) is 3.25. The number of hydrogen-bond donors (Lipinski definition) is 1. The molecule has 18 heavy (non-hydrogen) atoms. The quantitative estimate of drug-likeness (QED) is 0.875. The van der Waals surface area contributed by atoms with Crippen LogP contribution < -0.4 is 9.47 Å². The van der Waals surface area contributed by atoms with Gasteiger partial charge in [-0.3, -0.25) is 4.79 Å². The standard InChI is InChI=1S/C14H20O4/c1-8-7-12(17-4)13(18-5)11(10(8)3)6-9(2)14(15)16/h7,9H,6H2,1-5H3,(H,15,16). The number of carbonyl (C=O) groups is 1. The Balaban J connectivity index is 3.30. The monoisotopic (exact) mass is 252 g/mol. The van der Waals surface area contributed by atoms with Gasteiger partial charge in [0.05, 0.1) is 20.1 Å². The lowest BCUT2D eigenvalue weighted by Gasteiger charge is -2.18. The minimum absolute atomic E-state index is 0.433. The molecule has 0 aliphatic rings. The molecule has 0 aliphatic heterocycles. The third-order valence-electron chi connectivity index (χ3n) is 3.25. The van der Waals surface area contributed by atoms with E-state index in [1.165, 1.54) is 0 Å². The van der Waals surface area contributed by atoms with Gasteiger partial charge in [-0.25, -0.2) is 0 Å². The van der Waals surface area contributed by atoms with Gasteiger partial charge in [-0.15, -0.1) is 0 Å². The maximum absolute atomic E-state index is 11.0. The second-order valence-electron chi connectivity index (χ2n) is 4.48. The maximum atomic E-state index is 11.0. The largest absolute Gasteiger partial charge is 0.493 e. The van der Waals surface area contributed by atoms with E-state index in [0.29, 0.717) is 17.9 Å². The molecule has 1 N–H and O–H groups in total. The van der Waals surface area contributed by atoms with Crippen molar-refractivity contribution in [2.45, 2.75) is 27.2 Å². The Morgan fingerprint density at radius 1 is 1.33 bits per heavy atom. The highest BCUT2D eigenvalue weighted by Crippen LogP contribution is 2.36. The van der Waals surface area contributed by atoms with E-state index in [9.17, 15) is 4.79 Å². The van der Waals surface area contributed by atoms with Crippen LogP contribution in [-0.2, 0) is 11.2 Å². The van der Waals surface area contributed by atoms with Crippen molar-refractivity contribution in [2.75, 3.05) is 14.2 Å². The third kappa shape index (κ3) is 2.75. The maximum Gasteiger partial charge on any atom is 0.306 e. The number of ether oxygens (including phenoxy) is 2. The van der Waals surface area contributed by atoms with Crippen LogP contribution in [-0.4, -0.2) is 25.3 Å². The zero-order valence-electron chi connectivity index (χ0n) is 11.5. The van der Waals surface area contributed by atoms with E-state index in [1.807, 2.05) is 19.9 Å². The van der Waals surface area contributed by atoms with Gasteiger partial charge in [-0.1, -0.05) is 6.92 Å². The van der Waals surface area contributed by atoms with Crippen LogP contribution >= 0.6 is 0 Å². The van der Waals surface area contributed by atoms with Gasteiger partial charge in [0.1, 0.15) is 0 Å². The number of methoxy groups -OCH3 is 2. The molecule has 0 radical (unpaired) electrons. The normalized spacial score (nSPS) is 12.1. The summed E-state index contributed by atoms with van der Waals surface area (Å²) in [6.45, 7) is 5.64. The average molecular weight is 252 g/mol. The van der Waals surface area contributed by atoms with Crippen molar-refractivity contribution >= 4 is 5.97 Å². The highest BCUT2D eigenvalue weighted by atomic mass is 16.5. The minimum Gasteiger partial charge on any atom is -0.493 e. The molecule has 0 bridgehead atoms. The number of aryl methyl sites for hydroxylation is 1. The minimum atomic E-state index is -0.808. The zero-order chi connectivity index (χ0) is 13.9. The van der Waals surface area contributed by atoms with Gasteiger partial charge in [0.2, 0.25) is 0 Å². The van der Waals surface area contributed by atoms with E-state index in [4.69, 9.17) is 14.6 Å². The van der Waals surface area contributed by atoms with E-state index < -0.39 is 11.9 Å². The number of benzene rings is 1. The summed E-state index contributed by atoms with van der Waals surface area (Å²) < 4.78 is 10.6. The van der Waals surface area contributed by atoms with E-state index in [2.05, 4.69) is 0 Å². The highest BCUT2D eigenvalue weighted by Gasteiger charge is 2.20.